The number of carbonyl (C=O) groups is 1. The van der Waals surface area contributed by atoms with E-state index in [-0.39, 0.29) is 5.92 Å². The summed E-state index contributed by atoms with van der Waals surface area (Å²) in [5.74, 6) is -1.05. The highest BCUT2D eigenvalue weighted by atomic mass is 16.5. The van der Waals surface area contributed by atoms with Crippen molar-refractivity contribution in [2.45, 2.75) is 19.5 Å². The molecule has 0 saturated carbocycles. The third-order valence-electron chi connectivity index (χ3n) is 1.62. The Morgan fingerprint density at radius 1 is 1.67 bits per heavy atom. The summed E-state index contributed by atoms with van der Waals surface area (Å²) in [6.45, 7) is 3.33. The molecule has 0 heterocycles. The number of aliphatic imine (C=N–C) groups is 1. The first-order valence-electron chi connectivity index (χ1n) is 3.45. The SMILES string of the molecule is COC(=O)[C@](N)(N=C=O)C(C)C. The number of rotatable bonds is 3. The minimum atomic E-state index is -1.60. The van der Waals surface area contributed by atoms with Crippen molar-refractivity contribution in [3.63, 3.8) is 0 Å². The van der Waals surface area contributed by atoms with Crippen LogP contribution in [0.3, 0.4) is 0 Å². The fourth-order valence-corrected chi connectivity index (χ4v) is 0.649. The quantitative estimate of drug-likeness (QED) is 0.363. The fourth-order valence-electron chi connectivity index (χ4n) is 0.649. The van der Waals surface area contributed by atoms with Crippen LogP contribution in [-0.2, 0) is 14.3 Å². The minimum absolute atomic E-state index is 0.314. The van der Waals surface area contributed by atoms with Crippen LogP contribution in [0.4, 0.5) is 0 Å². The summed E-state index contributed by atoms with van der Waals surface area (Å²) < 4.78 is 4.39. The largest absolute Gasteiger partial charge is 0.466 e. The molecular weight excluding hydrogens is 160 g/mol. The van der Waals surface area contributed by atoms with Crippen molar-refractivity contribution in [1.29, 1.82) is 0 Å². The van der Waals surface area contributed by atoms with Crippen LogP contribution in [0, 0.1) is 5.92 Å². The number of esters is 1. The molecular formula is C7H12N2O3. The van der Waals surface area contributed by atoms with Gasteiger partial charge in [0.05, 0.1) is 7.11 Å². The highest BCUT2D eigenvalue weighted by molar-refractivity contribution is 5.81. The van der Waals surface area contributed by atoms with E-state index in [2.05, 4.69) is 9.73 Å². The average molecular weight is 172 g/mol. The Hall–Kier alpha value is -1.19. The Bertz CT molecular complexity index is 221. The second-order valence-corrected chi connectivity index (χ2v) is 2.67. The Morgan fingerprint density at radius 3 is 2.42 bits per heavy atom. The summed E-state index contributed by atoms with van der Waals surface area (Å²) in [7, 11) is 1.19. The Balaban J connectivity index is 4.85. The zero-order valence-electron chi connectivity index (χ0n) is 7.33. The van der Waals surface area contributed by atoms with Gasteiger partial charge in [0.2, 0.25) is 11.7 Å². The first-order valence-corrected chi connectivity index (χ1v) is 3.45. The maximum absolute atomic E-state index is 11.0. The number of hydrogen-bond acceptors (Lipinski definition) is 5. The van der Waals surface area contributed by atoms with E-state index < -0.39 is 11.6 Å². The van der Waals surface area contributed by atoms with Gasteiger partial charge < -0.3 is 4.74 Å². The van der Waals surface area contributed by atoms with Gasteiger partial charge >= 0.3 is 5.97 Å². The van der Waals surface area contributed by atoms with Crippen LogP contribution >= 0.6 is 0 Å². The van der Waals surface area contributed by atoms with E-state index in [9.17, 15) is 9.59 Å². The molecule has 0 aromatic carbocycles. The maximum Gasteiger partial charge on any atom is 0.349 e. The van der Waals surface area contributed by atoms with Crippen LogP contribution in [0.15, 0.2) is 4.99 Å². The summed E-state index contributed by atoms with van der Waals surface area (Å²) in [6.07, 6.45) is 1.25. The molecule has 0 rings (SSSR count). The zero-order valence-corrected chi connectivity index (χ0v) is 7.33. The Labute approximate surface area is 70.6 Å². The van der Waals surface area contributed by atoms with Crippen LogP contribution in [-0.4, -0.2) is 24.8 Å². The normalized spacial score (nSPS) is 14.8. The smallest absolute Gasteiger partial charge is 0.349 e. The molecule has 0 saturated heterocycles. The summed E-state index contributed by atoms with van der Waals surface area (Å²) in [6, 6.07) is 0. The molecule has 0 aliphatic heterocycles. The number of nitrogens with zero attached hydrogens (tertiary/aromatic N) is 1. The number of carbonyl (C=O) groups excluding carboxylic acids is 2. The van der Waals surface area contributed by atoms with Gasteiger partial charge in [-0.3, -0.25) is 5.73 Å². The van der Waals surface area contributed by atoms with Crippen molar-refractivity contribution in [2.75, 3.05) is 7.11 Å². The van der Waals surface area contributed by atoms with E-state index in [1.165, 1.54) is 13.2 Å². The molecule has 0 fully saturated rings. The highest BCUT2D eigenvalue weighted by Gasteiger charge is 2.38. The van der Waals surface area contributed by atoms with E-state index in [0.717, 1.165) is 0 Å². The Kier molecular flexibility index (Phi) is 3.60. The second kappa shape index (κ2) is 3.99. The lowest BCUT2D eigenvalue weighted by atomic mass is 9.98. The minimum Gasteiger partial charge on any atom is -0.466 e. The van der Waals surface area contributed by atoms with Crippen molar-refractivity contribution in [3.8, 4) is 0 Å². The second-order valence-electron chi connectivity index (χ2n) is 2.67. The lowest BCUT2D eigenvalue weighted by molar-refractivity contribution is -0.148. The summed E-state index contributed by atoms with van der Waals surface area (Å²) in [5, 5.41) is 0. The molecule has 0 aromatic heterocycles. The van der Waals surface area contributed by atoms with E-state index in [4.69, 9.17) is 5.73 Å². The molecule has 0 spiro atoms. The molecule has 0 aliphatic carbocycles. The predicted molar refractivity (Wildman–Crippen MR) is 41.9 cm³/mol. The number of methoxy groups -OCH3 is 1. The van der Waals surface area contributed by atoms with Gasteiger partial charge in [0, 0.05) is 5.92 Å². The molecule has 1 atom stereocenters. The molecule has 12 heavy (non-hydrogen) atoms. The lowest BCUT2D eigenvalue weighted by Crippen LogP contribution is -2.51. The molecule has 5 nitrogen and oxygen atoms in total. The predicted octanol–water partition coefficient (Wildman–Crippen LogP) is -0.194. The molecule has 0 aromatic rings. The topological polar surface area (TPSA) is 81.8 Å². The maximum atomic E-state index is 11.0. The van der Waals surface area contributed by atoms with Crippen molar-refractivity contribution in [3.05, 3.63) is 0 Å². The van der Waals surface area contributed by atoms with Crippen molar-refractivity contribution in [1.82, 2.24) is 0 Å². The van der Waals surface area contributed by atoms with Crippen LogP contribution < -0.4 is 5.73 Å². The van der Waals surface area contributed by atoms with Gasteiger partial charge in [-0.05, 0) is 0 Å². The molecule has 0 unspecified atom stereocenters. The number of hydrogen-bond donors (Lipinski definition) is 1. The van der Waals surface area contributed by atoms with Crippen molar-refractivity contribution >= 4 is 12.0 Å². The standard InChI is InChI=1S/C7H12N2O3/c1-5(2)7(8,9-4-10)6(11)12-3/h5H,8H2,1-3H3/t7-/m1/s1. The molecule has 0 aliphatic rings. The van der Waals surface area contributed by atoms with Gasteiger partial charge in [-0.25, -0.2) is 9.59 Å². The molecule has 68 valence electrons. The monoisotopic (exact) mass is 172 g/mol. The molecule has 0 bridgehead atoms. The van der Waals surface area contributed by atoms with E-state index in [0.29, 0.717) is 0 Å². The first-order chi connectivity index (χ1) is 5.49. The number of nitrogens with two attached hydrogens (primary N) is 1. The lowest BCUT2D eigenvalue weighted by Gasteiger charge is -2.23. The third kappa shape index (κ3) is 1.90. The zero-order chi connectivity index (χ0) is 9.78. The van der Waals surface area contributed by atoms with Gasteiger partial charge in [-0.1, -0.05) is 13.8 Å². The van der Waals surface area contributed by atoms with Gasteiger partial charge in [0.1, 0.15) is 0 Å². The third-order valence-corrected chi connectivity index (χ3v) is 1.62. The highest BCUT2D eigenvalue weighted by Crippen LogP contribution is 2.16. The Morgan fingerprint density at radius 2 is 2.17 bits per heavy atom. The van der Waals surface area contributed by atoms with Gasteiger partial charge in [0.15, 0.2) is 0 Å². The van der Waals surface area contributed by atoms with E-state index in [1.807, 2.05) is 0 Å². The number of ether oxygens (including phenoxy) is 1. The fraction of sp³-hybridized carbons (Fsp3) is 0.714. The van der Waals surface area contributed by atoms with Crippen LogP contribution in [0.2, 0.25) is 0 Å². The first kappa shape index (κ1) is 10.8. The van der Waals surface area contributed by atoms with Crippen molar-refractivity contribution < 1.29 is 14.3 Å². The number of isocyanates is 1. The van der Waals surface area contributed by atoms with Crippen LogP contribution in [0.1, 0.15) is 13.8 Å². The summed E-state index contributed by atoms with van der Waals surface area (Å²) in [4.78, 5) is 24.2. The van der Waals surface area contributed by atoms with Crippen LogP contribution in [0.25, 0.3) is 0 Å². The molecule has 0 radical (unpaired) electrons. The summed E-state index contributed by atoms with van der Waals surface area (Å²) in [5.41, 5.74) is 3.90. The molecule has 0 amide bonds. The van der Waals surface area contributed by atoms with Crippen LogP contribution in [0.5, 0.6) is 0 Å². The molecule has 2 N–H and O–H groups in total. The van der Waals surface area contributed by atoms with Gasteiger partial charge in [0.25, 0.3) is 0 Å². The summed E-state index contributed by atoms with van der Waals surface area (Å²) >= 11 is 0. The van der Waals surface area contributed by atoms with Crippen molar-refractivity contribution in [2.24, 2.45) is 16.6 Å². The van der Waals surface area contributed by atoms with E-state index in [1.54, 1.807) is 13.8 Å². The molecule has 5 heteroatoms. The van der Waals surface area contributed by atoms with E-state index >= 15 is 0 Å². The van der Waals surface area contributed by atoms with Gasteiger partial charge in [-0.2, -0.15) is 4.99 Å². The average Bonchev–Trinajstić information content (AvgIpc) is 2.03. The van der Waals surface area contributed by atoms with Gasteiger partial charge in [-0.15, -0.1) is 0 Å².